The summed E-state index contributed by atoms with van der Waals surface area (Å²) in [6.45, 7) is 10.1. The molecular formula is C19H27ClIN5O. The summed E-state index contributed by atoms with van der Waals surface area (Å²) in [5, 5.41) is 0.755. The highest BCUT2D eigenvalue weighted by molar-refractivity contribution is 14.0. The van der Waals surface area contributed by atoms with Crippen molar-refractivity contribution in [2.24, 2.45) is 10.7 Å². The zero-order valence-corrected chi connectivity index (χ0v) is 19.1. The molecule has 0 unspecified atom stereocenters. The standard InChI is InChI=1S/C19H26ClN5O.HI/c1-19(2,3)16-12-22-17(26-16)13-23-18(21)25-10-8-24(9-11-25)15-6-4-14(20)5-7-15;/h4-7,12H,8-11,13H2,1-3H3,(H2,21,23);1H. The average molecular weight is 504 g/mol. The molecule has 0 aliphatic carbocycles. The fourth-order valence-electron chi connectivity index (χ4n) is 2.82. The molecule has 2 heterocycles. The maximum absolute atomic E-state index is 6.16. The molecule has 2 N–H and O–H groups in total. The van der Waals surface area contributed by atoms with Gasteiger partial charge in [0, 0.05) is 42.3 Å². The number of halogens is 2. The number of anilines is 1. The minimum Gasteiger partial charge on any atom is -0.443 e. The number of hydrogen-bond acceptors (Lipinski definition) is 4. The van der Waals surface area contributed by atoms with Crippen molar-refractivity contribution in [1.29, 1.82) is 0 Å². The molecule has 0 radical (unpaired) electrons. The lowest BCUT2D eigenvalue weighted by Gasteiger charge is -2.36. The molecular weight excluding hydrogens is 477 g/mol. The van der Waals surface area contributed by atoms with Crippen molar-refractivity contribution in [3.63, 3.8) is 0 Å². The zero-order chi connectivity index (χ0) is 18.7. The fourth-order valence-corrected chi connectivity index (χ4v) is 2.95. The van der Waals surface area contributed by atoms with Crippen LogP contribution in [0.5, 0.6) is 0 Å². The SMILES string of the molecule is CC(C)(C)c1cnc(CN=C(N)N2CCN(c3ccc(Cl)cc3)CC2)o1.I. The highest BCUT2D eigenvalue weighted by Crippen LogP contribution is 2.23. The van der Waals surface area contributed by atoms with Crippen molar-refractivity contribution < 1.29 is 4.42 Å². The molecule has 148 valence electrons. The third-order valence-corrected chi connectivity index (χ3v) is 4.72. The minimum absolute atomic E-state index is 0. The van der Waals surface area contributed by atoms with Crippen LogP contribution in [0.2, 0.25) is 5.02 Å². The van der Waals surface area contributed by atoms with Crippen LogP contribution >= 0.6 is 35.6 Å². The van der Waals surface area contributed by atoms with E-state index < -0.39 is 0 Å². The van der Waals surface area contributed by atoms with Gasteiger partial charge in [-0.05, 0) is 24.3 Å². The van der Waals surface area contributed by atoms with Gasteiger partial charge in [-0.15, -0.1) is 24.0 Å². The Balaban J connectivity index is 0.00000261. The van der Waals surface area contributed by atoms with Gasteiger partial charge in [0.1, 0.15) is 12.3 Å². The molecule has 2 aromatic rings. The number of hydrogen-bond donors (Lipinski definition) is 1. The second-order valence-corrected chi connectivity index (χ2v) is 7.93. The van der Waals surface area contributed by atoms with E-state index in [1.165, 1.54) is 5.69 Å². The van der Waals surface area contributed by atoms with Gasteiger partial charge in [0.25, 0.3) is 0 Å². The molecule has 27 heavy (non-hydrogen) atoms. The van der Waals surface area contributed by atoms with Crippen LogP contribution in [0.25, 0.3) is 0 Å². The Hall–Kier alpha value is -1.48. The first kappa shape index (κ1) is 21.8. The summed E-state index contributed by atoms with van der Waals surface area (Å²) < 4.78 is 5.76. The molecule has 0 bridgehead atoms. The highest BCUT2D eigenvalue weighted by atomic mass is 127. The van der Waals surface area contributed by atoms with Gasteiger partial charge in [-0.2, -0.15) is 0 Å². The van der Waals surface area contributed by atoms with Crippen LogP contribution in [0.1, 0.15) is 32.4 Å². The van der Waals surface area contributed by atoms with Gasteiger partial charge < -0.3 is 20.0 Å². The molecule has 1 aromatic carbocycles. The Morgan fingerprint density at radius 2 is 1.81 bits per heavy atom. The predicted octanol–water partition coefficient (Wildman–Crippen LogP) is 3.88. The van der Waals surface area contributed by atoms with Gasteiger partial charge >= 0.3 is 0 Å². The highest BCUT2D eigenvalue weighted by Gasteiger charge is 2.20. The molecule has 1 fully saturated rings. The van der Waals surface area contributed by atoms with Gasteiger partial charge in [-0.3, -0.25) is 0 Å². The molecule has 1 aliphatic rings. The van der Waals surface area contributed by atoms with Gasteiger partial charge in [0.2, 0.25) is 5.89 Å². The molecule has 1 aromatic heterocycles. The first-order valence-corrected chi connectivity index (χ1v) is 9.21. The Bertz CT molecular complexity index is 761. The van der Waals surface area contributed by atoms with E-state index >= 15 is 0 Å². The fraction of sp³-hybridized carbons (Fsp3) is 0.474. The second-order valence-electron chi connectivity index (χ2n) is 7.49. The Kier molecular flexibility index (Phi) is 7.39. The van der Waals surface area contributed by atoms with Gasteiger partial charge in [-0.25, -0.2) is 9.98 Å². The van der Waals surface area contributed by atoms with Crippen LogP contribution in [0, 0.1) is 0 Å². The molecule has 3 rings (SSSR count). The number of rotatable bonds is 3. The zero-order valence-electron chi connectivity index (χ0n) is 16.0. The Morgan fingerprint density at radius 1 is 1.19 bits per heavy atom. The smallest absolute Gasteiger partial charge is 0.216 e. The van der Waals surface area contributed by atoms with Gasteiger partial charge in [0.05, 0.1) is 6.20 Å². The topological polar surface area (TPSA) is 70.9 Å². The van der Waals surface area contributed by atoms with E-state index in [4.69, 9.17) is 21.8 Å². The number of oxazole rings is 1. The molecule has 0 saturated carbocycles. The lowest BCUT2D eigenvalue weighted by atomic mass is 9.94. The second kappa shape index (κ2) is 9.14. The van der Waals surface area contributed by atoms with E-state index in [1.54, 1.807) is 6.20 Å². The number of nitrogens with two attached hydrogens (primary N) is 1. The summed E-state index contributed by atoms with van der Waals surface area (Å²) >= 11 is 5.96. The van der Waals surface area contributed by atoms with E-state index in [9.17, 15) is 0 Å². The van der Waals surface area contributed by atoms with Crippen LogP contribution < -0.4 is 10.6 Å². The molecule has 1 saturated heterocycles. The molecule has 0 atom stereocenters. The van der Waals surface area contributed by atoms with Crippen molar-refractivity contribution in [2.45, 2.75) is 32.7 Å². The van der Waals surface area contributed by atoms with Crippen molar-refractivity contribution in [1.82, 2.24) is 9.88 Å². The van der Waals surface area contributed by atoms with E-state index in [1.807, 2.05) is 24.3 Å². The van der Waals surface area contributed by atoms with Crippen LogP contribution in [-0.2, 0) is 12.0 Å². The number of benzene rings is 1. The van der Waals surface area contributed by atoms with Crippen molar-refractivity contribution in [2.75, 3.05) is 31.1 Å². The third kappa shape index (κ3) is 5.75. The van der Waals surface area contributed by atoms with E-state index in [0.717, 1.165) is 37.0 Å². The van der Waals surface area contributed by atoms with Crippen LogP contribution in [-0.4, -0.2) is 42.0 Å². The summed E-state index contributed by atoms with van der Waals surface area (Å²) in [6, 6.07) is 7.93. The molecule has 1 aliphatic heterocycles. The normalized spacial score (nSPS) is 15.6. The average Bonchev–Trinajstić information content (AvgIpc) is 3.10. The van der Waals surface area contributed by atoms with E-state index in [2.05, 4.69) is 40.5 Å². The van der Waals surface area contributed by atoms with Gasteiger partial charge in [-0.1, -0.05) is 32.4 Å². The van der Waals surface area contributed by atoms with Crippen molar-refractivity contribution in [3.05, 3.63) is 47.1 Å². The molecule has 0 spiro atoms. The summed E-state index contributed by atoms with van der Waals surface area (Å²) in [5.41, 5.74) is 7.29. The third-order valence-electron chi connectivity index (χ3n) is 4.46. The summed E-state index contributed by atoms with van der Waals surface area (Å²) in [4.78, 5) is 13.2. The number of aromatic nitrogens is 1. The quantitative estimate of drug-likeness (QED) is 0.391. The summed E-state index contributed by atoms with van der Waals surface area (Å²) in [7, 11) is 0. The lowest BCUT2D eigenvalue weighted by Crippen LogP contribution is -2.51. The summed E-state index contributed by atoms with van der Waals surface area (Å²) in [5.74, 6) is 1.99. The molecule has 6 nitrogen and oxygen atoms in total. The number of piperazine rings is 1. The van der Waals surface area contributed by atoms with E-state index in [-0.39, 0.29) is 29.4 Å². The Morgan fingerprint density at radius 3 is 2.37 bits per heavy atom. The first-order chi connectivity index (χ1) is 12.3. The van der Waals surface area contributed by atoms with Crippen molar-refractivity contribution >= 4 is 47.2 Å². The molecule has 8 heteroatoms. The monoisotopic (exact) mass is 503 g/mol. The minimum atomic E-state index is -0.0570. The number of nitrogens with zero attached hydrogens (tertiary/aromatic N) is 4. The largest absolute Gasteiger partial charge is 0.443 e. The number of guanidine groups is 1. The predicted molar refractivity (Wildman–Crippen MR) is 121 cm³/mol. The van der Waals surface area contributed by atoms with Gasteiger partial charge in [0.15, 0.2) is 5.96 Å². The lowest BCUT2D eigenvalue weighted by molar-refractivity contribution is 0.373. The van der Waals surface area contributed by atoms with Crippen LogP contribution in [0.3, 0.4) is 0 Å². The van der Waals surface area contributed by atoms with Crippen LogP contribution in [0.4, 0.5) is 5.69 Å². The van der Waals surface area contributed by atoms with Crippen molar-refractivity contribution in [3.8, 4) is 0 Å². The number of aliphatic imine (C=N–C) groups is 1. The first-order valence-electron chi connectivity index (χ1n) is 8.83. The van der Waals surface area contributed by atoms with E-state index in [0.29, 0.717) is 18.4 Å². The Labute approximate surface area is 182 Å². The summed E-state index contributed by atoms with van der Waals surface area (Å²) in [6.07, 6.45) is 1.77. The maximum atomic E-state index is 6.16. The van der Waals surface area contributed by atoms with Crippen LogP contribution in [0.15, 0.2) is 39.9 Å². The molecule has 0 amide bonds. The maximum Gasteiger partial charge on any atom is 0.216 e.